The Morgan fingerprint density at radius 2 is 1.96 bits per heavy atom. The number of pyridine rings is 2. The number of hydrogen-bond acceptors (Lipinski definition) is 5. The van der Waals surface area contributed by atoms with Gasteiger partial charge in [-0.1, -0.05) is 0 Å². The van der Waals surface area contributed by atoms with Crippen molar-refractivity contribution in [3.05, 3.63) is 48.4 Å². The maximum absolute atomic E-state index is 12.3. The van der Waals surface area contributed by atoms with Gasteiger partial charge in [-0.05, 0) is 55.0 Å². The molecule has 2 N–H and O–H groups in total. The number of carbonyl (C=O) groups is 1. The number of nitrogens with zero attached hydrogens (tertiary/aromatic N) is 3. The quantitative estimate of drug-likeness (QED) is 0.843. The van der Waals surface area contributed by atoms with Crippen LogP contribution in [0.4, 0.5) is 11.5 Å². The Labute approximate surface area is 147 Å². The molecule has 3 heterocycles. The largest absolute Gasteiger partial charge is 0.396 e. The summed E-state index contributed by atoms with van der Waals surface area (Å²) in [4.78, 5) is 22.9. The molecule has 0 saturated carbocycles. The molecule has 0 radical (unpaired) electrons. The van der Waals surface area contributed by atoms with Crippen LogP contribution < -0.4 is 10.2 Å². The lowest BCUT2D eigenvalue weighted by Crippen LogP contribution is -2.35. The summed E-state index contributed by atoms with van der Waals surface area (Å²) in [6.45, 7) is 1.94. The number of amides is 1. The SMILES string of the molecule is O=C(CCc1ccncc1)Nc1cccnc1N1CCC(CO)CC1. The average molecular weight is 340 g/mol. The van der Waals surface area contributed by atoms with Crippen molar-refractivity contribution >= 4 is 17.4 Å². The second-order valence-electron chi connectivity index (χ2n) is 6.39. The van der Waals surface area contributed by atoms with Crippen molar-refractivity contribution in [2.45, 2.75) is 25.7 Å². The second kappa shape index (κ2) is 8.58. The highest BCUT2D eigenvalue weighted by atomic mass is 16.3. The van der Waals surface area contributed by atoms with E-state index in [0.717, 1.165) is 43.0 Å². The third-order valence-electron chi connectivity index (χ3n) is 4.62. The fourth-order valence-electron chi connectivity index (χ4n) is 3.09. The Morgan fingerprint density at radius 1 is 1.20 bits per heavy atom. The number of hydrogen-bond donors (Lipinski definition) is 2. The van der Waals surface area contributed by atoms with Gasteiger partial charge in [-0.25, -0.2) is 4.98 Å². The van der Waals surface area contributed by atoms with E-state index in [4.69, 9.17) is 0 Å². The Balaban J connectivity index is 1.60. The van der Waals surface area contributed by atoms with Gasteiger partial charge < -0.3 is 15.3 Å². The molecule has 132 valence electrons. The van der Waals surface area contributed by atoms with Gasteiger partial charge in [0.1, 0.15) is 0 Å². The monoisotopic (exact) mass is 340 g/mol. The van der Waals surface area contributed by atoms with Crippen molar-refractivity contribution in [2.75, 3.05) is 29.9 Å². The fourth-order valence-corrected chi connectivity index (χ4v) is 3.09. The van der Waals surface area contributed by atoms with Crippen LogP contribution in [0.2, 0.25) is 0 Å². The van der Waals surface area contributed by atoms with Crippen LogP contribution in [0.25, 0.3) is 0 Å². The van der Waals surface area contributed by atoms with Crippen LogP contribution in [0, 0.1) is 5.92 Å². The normalized spacial score (nSPS) is 15.2. The summed E-state index contributed by atoms with van der Waals surface area (Å²) >= 11 is 0. The number of aliphatic hydroxyl groups excluding tert-OH is 1. The van der Waals surface area contributed by atoms with Gasteiger partial charge in [-0.3, -0.25) is 9.78 Å². The van der Waals surface area contributed by atoms with Crippen LogP contribution >= 0.6 is 0 Å². The minimum atomic E-state index is -0.0173. The number of piperidine rings is 1. The van der Waals surface area contributed by atoms with Gasteiger partial charge in [0.25, 0.3) is 0 Å². The molecule has 2 aromatic heterocycles. The van der Waals surface area contributed by atoms with Crippen molar-refractivity contribution < 1.29 is 9.90 Å². The number of carbonyl (C=O) groups excluding carboxylic acids is 1. The molecule has 0 aliphatic carbocycles. The topological polar surface area (TPSA) is 78.4 Å². The number of rotatable bonds is 6. The van der Waals surface area contributed by atoms with Gasteiger partial charge in [-0.15, -0.1) is 0 Å². The number of aliphatic hydroxyl groups is 1. The van der Waals surface area contributed by atoms with Gasteiger partial charge in [0.05, 0.1) is 5.69 Å². The highest BCUT2D eigenvalue weighted by Crippen LogP contribution is 2.27. The minimum Gasteiger partial charge on any atom is -0.396 e. The van der Waals surface area contributed by atoms with Gasteiger partial charge in [0, 0.05) is 44.7 Å². The zero-order valence-electron chi connectivity index (χ0n) is 14.3. The average Bonchev–Trinajstić information content (AvgIpc) is 2.68. The summed E-state index contributed by atoms with van der Waals surface area (Å²) in [7, 11) is 0. The third-order valence-corrected chi connectivity index (χ3v) is 4.62. The third kappa shape index (κ3) is 4.76. The van der Waals surface area contributed by atoms with E-state index in [9.17, 15) is 9.90 Å². The van der Waals surface area contributed by atoms with Crippen LogP contribution in [-0.4, -0.2) is 40.7 Å². The van der Waals surface area contributed by atoms with Crippen LogP contribution in [0.5, 0.6) is 0 Å². The van der Waals surface area contributed by atoms with Gasteiger partial charge in [-0.2, -0.15) is 0 Å². The molecule has 0 unspecified atom stereocenters. The van der Waals surface area contributed by atoms with E-state index in [1.165, 1.54) is 0 Å². The second-order valence-corrected chi connectivity index (χ2v) is 6.39. The zero-order chi connectivity index (χ0) is 17.5. The molecule has 1 amide bonds. The molecule has 6 heteroatoms. The molecular formula is C19H24N4O2. The van der Waals surface area contributed by atoms with E-state index in [2.05, 4.69) is 20.2 Å². The van der Waals surface area contributed by atoms with Crippen LogP contribution in [0.15, 0.2) is 42.9 Å². The maximum atomic E-state index is 12.3. The first-order valence-electron chi connectivity index (χ1n) is 8.76. The molecule has 6 nitrogen and oxygen atoms in total. The van der Waals surface area contributed by atoms with Crippen molar-refractivity contribution in [3.63, 3.8) is 0 Å². The molecule has 1 aliphatic rings. The molecule has 3 rings (SSSR count). The van der Waals surface area contributed by atoms with Gasteiger partial charge in [0.2, 0.25) is 5.91 Å². The van der Waals surface area contributed by atoms with Crippen LogP contribution in [-0.2, 0) is 11.2 Å². The van der Waals surface area contributed by atoms with Crippen LogP contribution in [0.1, 0.15) is 24.8 Å². The molecule has 1 aliphatic heterocycles. The highest BCUT2D eigenvalue weighted by Gasteiger charge is 2.21. The predicted molar refractivity (Wildman–Crippen MR) is 97.4 cm³/mol. The number of aromatic nitrogens is 2. The van der Waals surface area contributed by atoms with E-state index >= 15 is 0 Å². The van der Waals surface area contributed by atoms with Gasteiger partial charge in [0.15, 0.2) is 5.82 Å². The smallest absolute Gasteiger partial charge is 0.224 e. The molecule has 0 spiro atoms. The summed E-state index contributed by atoms with van der Waals surface area (Å²) < 4.78 is 0. The van der Waals surface area contributed by atoms with Crippen LogP contribution in [0.3, 0.4) is 0 Å². The van der Waals surface area contributed by atoms with E-state index in [0.29, 0.717) is 18.8 Å². The summed E-state index contributed by atoms with van der Waals surface area (Å²) in [6, 6.07) is 7.58. The Bertz CT molecular complexity index is 685. The Hall–Kier alpha value is -2.47. The Kier molecular flexibility index (Phi) is 5.95. The standard InChI is InChI=1S/C19H24N4O2/c24-14-16-7-12-23(13-8-16)19-17(2-1-9-21-19)22-18(25)4-3-15-5-10-20-11-6-15/h1-2,5-6,9-11,16,24H,3-4,7-8,12-14H2,(H,22,25). The van der Waals surface area contributed by atoms with Crippen molar-refractivity contribution in [3.8, 4) is 0 Å². The molecule has 25 heavy (non-hydrogen) atoms. The molecule has 1 saturated heterocycles. The van der Waals surface area contributed by atoms with E-state index in [1.807, 2.05) is 24.3 Å². The number of anilines is 2. The zero-order valence-corrected chi connectivity index (χ0v) is 14.3. The number of aryl methyl sites for hydroxylation is 1. The first-order chi connectivity index (χ1) is 12.3. The summed E-state index contributed by atoms with van der Waals surface area (Å²) in [5.74, 6) is 1.17. The minimum absolute atomic E-state index is 0.0173. The molecule has 1 fully saturated rings. The van der Waals surface area contributed by atoms with E-state index in [-0.39, 0.29) is 12.5 Å². The lowest BCUT2D eigenvalue weighted by Gasteiger charge is -2.33. The molecule has 2 aromatic rings. The first kappa shape index (κ1) is 17.4. The van der Waals surface area contributed by atoms with Crippen molar-refractivity contribution in [2.24, 2.45) is 5.92 Å². The predicted octanol–water partition coefficient (Wildman–Crippen LogP) is 2.26. The lowest BCUT2D eigenvalue weighted by atomic mass is 9.98. The number of nitrogens with one attached hydrogen (secondary N) is 1. The van der Waals surface area contributed by atoms with Gasteiger partial charge >= 0.3 is 0 Å². The molecule has 0 atom stereocenters. The summed E-state index contributed by atoms with van der Waals surface area (Å²) in [5, 5.41) is 12.3. The first-order valence-corrected chi connectivity index (χ1v) is 8.76. The fraction of sp³-hybridized carbons (Fsp3) is 0.421. The van der Waals surface area contributed by atoms with Crippen molar-refractivity contribution in [1.29, 1.82) is 0 Å². The lowest BCUT2D eigenvalue weighted by molar-refractivity contribution is -0.116. The van der Waals surface area contributed by atoms with E-state index in [1.54, 1.807) is 18.6 Å². The molecule has 0 bridgehead atoms. The van der Waals surface area contributed by atoms with Crippen molar-refractivity contribution in [1.82, 2.24) is 9.97 Å². The Morgan fingerprint density at radius 3 is 2.68 bits per heavy atom. The molecule has 0 aromatic carbocycles. The highest BCUT2D eigenvalue weighted by molar-refractivity contribution is 5.93. The summed E-state index contributed by atoms with van der Waals surface area (Å²) in [5.41, 5.74) is 1.85. The molecular weight excluding hydrogens is 316 g/mol. The summed E-state index contributed by atoms with van der Waals surface area (Å²) in [6.07, 6.45) is 8.23. The maximum Gasteiger partial charge on any atom is 0.224 e. The van der Waals surface area contributed by atoms with E-state index < -0.39 is 0 Å².